The lowest BCUT2D eigenvalue weighted by Gasteiger charge is -2.35. The van der Waals surface area contributed by atoms with Gasteiger partial charge in [0.05, 0.1) is 16.6 Å². The highest BCUT2D eigenvalue weighted by Gasteiger charge is 2.33. The summed E-state index contributed by atoms with van der Waals surface area (Å²) in [6, 6.07) is 7.18. The third kappa shape index (κ3) is 4.01. The fraction of sp³-hybridized carbons (Fsp3) is 0.529. The maximum absolute atomic E-state index is 12.4. The lowest BCUT2D eigenvalue weighted by molar-refractivity contribution is -0.142. The topological polar surface area (TPSA) is 49.4 Å². The van der Waals surface area contributed by atoms with Crippen LogP contribution in [0.5, 0.6) is 0 Å². The Morgan fingerprint density at radius 3 is 2.59 bits per heavy atom. The largest absolute Gasteiger partial charge is 0.341 e. The highest BCUT2D eigenvalue weighted by Crippen LogP contribution is 2.26. The molecule has 0 bridgehead atoms. The fourth-order valence-electron chi connectivity index (χ4n) is 2.65. The molecule has 2 rings (SSSR count). The number of nitrogens with one attached hydrogen (secondary N) is 1. The molecular weight excluding hydrogens is 300 g/mol. The minimum Gasteiger partial charge on any atom is -0.341 e. The van der Waals surface area contributed by atoms with Crippen LogP contribution in [-0.2, 0) is 9.59 Å². The molecule has 2 amide bonds. The van der Waals surface area contributed by atoms with E-state index in [1.165, 1.54) is 0 Å². The molecule has 1 aromatic rings. The zero-order valence-electron chi connectivity index (χ0n) is 13.4. The summed E-state index contributed by atoms with van der Waals surface area (Å²) in [6.45, 7) is 6.92. The molecule has 1 fully saturated rings. The van der Waals surface area contributed by atoms with Crippen molar-refractivity contribution in [2.75, 3.05) is 18.4 Å². The normalized spacial score (nSPS) is 18.9. The van der Waals surface area contributed by atoms with Crippen LogP contribution in [0, 0.1) is 11.3 Å². The molecule has 0 aliphatic carbocycles. The quantitative estimate of drug-likeness (QED) is 0.905. The number of carbonyl (C=O) groups excluding carboxylic acids is 2. The Kier molecular flexibility index (Phi) is 5.12. The van der Waals surface area contributed by atoms with Gasteiger partial charge in [0.1, 0.15) is 0 Å². The first-order valence-corrected chi connectivity index (χ1v) is 8.01. The van der Waals surface area contributed by atoms with Gasteiger partial charge in [-0.25, -0.2) is 0 Å². The first-order chi connectivity index (χ1) is 10.3. The van der Waals surface area contributed by atoms with Gasteiger partial charge < -0.3 is 10.2 Å². The molecule has 1 aromatic carbocycles. The van der Waals surface area contributed by atoms with Gasteiger partial charge in [-0.15, -0.1) is 0 Å². The molecule has 1 saturated heterocycles. The standard InChI is InChI=1S/C17H23ClN2O2/c1-17(2,3)16(22)20-10-6-7-12(11-20)15(21)19-14-9-5-4-8-13(14)18/h4-5,8-9,12H,6-7,10-11H2,1-3H3,(H,19,21)/t12-/m0/s1. The predicted octanol–water partition coefficient (Wildman–Crippen LogP) is 3.56. The smallest absolute Gasteiger partial charge is 0.229 e. The van der Waals surface area contributed by atoms with Gasteiger partial charge in [0, 0.05) is 18.5 Å². The van der Waals surface area contributed by atoms with Crippen molar-refractivity contribution in [2.45, 2.75) is 33.6 Å². The maximum atomic E-state index is 12.4. The third-order valence-electron chi connectivity index (χ3n) is 3.85. The SMILES string of the molecule is CC(C)(C)C(=O)N1CCC[C@H](C(=O)Nc2ccccc2Cl)C1. The van der Waals surface area contributed by atoms with Gasteiger partial charge in [0.25, 0.3) is 0 Å². The number of piperidine rings is 1. The fourth-order valence-corrected chi connectivity index (χ4v) is 2.83. The average molecular weight is 323 g/mol. The van der Waals surface area contributed by atoms with Crippen LogP contribution in [0.4, 0.5) is 5.69 Å². The van der Waals surface area contributed by atoms with Crippen LogP contribution in [0.3, 0.4) is 0 Å². The van der Waals surface area contributed by atoms with Gasteiger partial charge in [-0.05, 0) is 25.0 Å². The average Bonchev–Trinajstić information content (AvgIpc) is 2.48. The van der Waals surface area contributed by atoms with Gasteiger partial charge in [0.2, 0.25) is 11.8 Å². The number of anilines is 1. The van der Waals surface area contributed by atoms with E-state index in [0.717, 1.165) is 19.4 Å². The van der Waals surface area contributed by atoms with Crippen LogP contribution in [-0.4, -0.2) is 29.8 Å². The van der Waals surface area contributed by atoms with Crippen molar-refractivity contribution in [1.29, 1.82) is 0 Å². The van der Waals surface area contributed by atoms with Crippen molar-refractivity contribution in [3.05, 3.63) is 29.3 Å². The number of rotatable bonds is 2. The van der Waals surface area contributed by atoms with Crippen LogP contribution in [0.25, 0.3) is 0 Å². The minimum absolute atomic E-state index is 0.0699. The zero-order valence-corrected chi connectivity index (χ0v) is 14.1. The van der Waals surface area contributed by atoms with Crippen molar-refractivity contribution < 1.29 is 9.59 Å². The van der Waals surface area contributed by atoms with Crippen LogP contribution < -0.4 is 5.32 Å². The Morgan fingerprint density at radius 2 is 1.95 bits per heavy atom. The molecule has 22 heavy (non-hydrogen) atoms. The Labute approximate surface area is 136 Å². The van der Waals surface area contributed by atoms with Crippen LogP contribution >= 0.6 is 11.6 Å². The third-order valence-corrected chi connectivity index (χ3v) is 4.18. The highest BCUT2D eigenvalue weighted by atomic mass is 35.5. The van der Waals surface area contributed by atoms with E-state index >= 15 is 0 Å². The number of benzene rings is 1. The van der Waals surface area contributed by atoms with E-state index in [4.69, 9.17) is 11.6 Å². The summed E-state index contributed by atoms with van der Waals surface area (Å²) < 4.78 is 0. The van der Waals surface area contributed by atoms with Gasteiger partial charge in [-0.1, -0.05) is 44.5 Å². The number of halogens is 1. The molecule has 0 radical (unpaired) electrons. The molecule has 0 spiro atoms. The molecule has 1 aliphatic heterocycles. The first-order valence-electron chi connectivity index (χ1n) is 7.64. The van der Waals surface area contributed by atoms with Crippen molar-refractivity contribution in [3.63, 3.8) is 0 Å². The van der Waals surface area contributed by atoms with E-state index in [1.807, 2.05) is 32.9 Å². The van der Waals surface area contributed by atoms with E-state index in [1.54, 1.807) is 17.0 Å². The Bertz CT molecular complexity index is 566. The summed E-state index contributed by atoms with van der Waals surface area (Å²) in [5.74, 6) is -0.154. The maximum Gasteiger partial charge on any atom is 0.229 e. The monoisotopic (exact) mass is 322 g/mol. The van der Waals surface area contributed by atoms with Gasteiger partial charge in [-0.2, -0.15) is 0 Å². The number of carbonyl (C=O) groups is 2. The zero-order chi connectivity index (χ0) is 16.3. The predicted molar refractivity (Wildman–Crippen MR) is 88.8 cm³/mol. The van der Waals surface area contributed by atoms with Gasteiger partial charge in [0.15, 0.2) is 0 Å². The van der Waals surface area contributed by atoms with Gasteiger partial charge >= 0.3 is 0 Å². The lowest BCUT2D eigenvalue weighted by Crippen LogP contribution is -2.47. The first kappa shape index (κ1) is 16.8. The second kappa shape index (κ2) is 6.69. The molecule has 1 N–H and O–H groups in total. The summed E-state index contributed by atoms with van der Waals surface area (Å²) in [5.41, 5.74) is 0.203. The molecule has 0 aromatic heterocycles. The molecule has 0 saturated carbocycles. The number of nitrogens with zero attached hydrogens (tertiary/aromatic N) is 1. The lowest BCUT2D eigenvalue weighted by atomic mass is 9.91. The second-order valence-corrected chi connectivity index (χ2v) is 7.22. The summed E-state index contributed by atoms with van der Waals surface area (Å²) in [4.78, 5) is 26.6. The Hall–Kier alpha value is -1.55. The molecule has 0 unspecified atom stereocenters. The molecule has 1 atom stereocenters. The van der Waals surface area contributed by atoms with Crippen molar-refractivity contribution >= 4 is 29.1 Å². The number of hydrogen-bond donors (Lipinski definition) is 1. The number of amides is 2. The van der Waals surface area contributed by atoms with E-state index in [2.05, 4.69) is 5.32 Å². The van der Waals surface area contributed by atoms with E-state index in [0.29, 0.717) is 17.3 Å². The number of likely N-dealkylation sites (tertiary alicyclic amines) is 1. The summed E-state index contributed by atoms with van der Waals surface area (Å²) in [7, 11) is 0. The van der Waals surface area contributed by atoms with Crippen molar-refractivity contribution in [3.8, 4) is 0 Å². The molecule has 1 heterocycles. The van der Waals surface area contributed by atoms with Crippen LogP contribution in [0.1, 0.15) is 33.6 Å². The van der Waals surface area contributed by atoms with Crippen LogP contribution in [0.15, 0.2) is 24.3 Å². The van der Waals surface area contributed by atoms with E-state index < -0.39 is 5.41 Å². The molecule has 1 aliphatic rings. The van der Waals surface area contributed by atoms with E-state index in [-0.39, 0.29) is 17.7 Å². The summed E-state index contributed by atoms with van der Waals surface area (Å²) in [5, 5.41) is 3.39. The molecule has 5 heteroatoms. The van der Waals surface area contributed by atoms with Crippen molar-refractivity contribution in [1.82, 2.24) is 4.90 Å². The molecule has 4 nitrogen and oxygen atoms in total. The minimum atomic E-state index is -0.416. The van der Waals surface area contributed by atoms with Crippen LogP contribution in [0.2, 0.25) is 5.02 Å². The molecular formula is C17H23ClN2O2. The summed E-state index contributed by atoms with van der Waals surface area (Å²) >= 11 is 6.07. The number of para-hydroxylation sites is 1. The summed E-state index contributed by atoms with van der Waals surface area (Å²) in [6.07, 6.45) is 1.65. The highest BCUT2D eigenvalue weighted by molar-refractivity contribution is 6.33. The Morgan fingerprint density at radius 1 is 1.27 bits per heavy atom. The van der Waals surface area contributed by atoms with E-state index in [9.17, 15) is 9.59 Å². The Balaban J connectivity index is 2.02. The number of hydrogen-bond acceptors (Lipinski definition) is 2. The second-order valence-electron chi connectivity index (χ2n) is 6.81. The molecule has 120 valence electrons. The van der Waals surface area contributed by atoms with Crippen molar-refractivity contribution in [2.24, 2.45) is 11.3 Å². The van der Waals surface area contributed by atoms with Gasteiger partial charge in [-0.3, -0.25) is 9.59 Å².